The van der Waals surface area contributed by atoms with Gasteiger partial charge in [-0.25, -0.2) is 0 Å². The molecule has 6 heteroatoms. The van der Waals surface area contributed by atoms with E-state index in [4.69, 9.17) is 11.6 Å². The molecule has 0 spiro atoms. The van der Waals surface area contributed by atoms with Crippen LogP contribution < -0.4 is 5.32 Å². The number of nitrogens with one attached hydrogen (secondary N) is 1. The number of carbonyl (C=O) groups is 2. The molecule has 3 rings (SSSR count). The van der Waals surface area contributed by atoms with Crippen molar-refractivity contribution in [3.8, 4) is 0 Å². The fourth-order valence-electron chi connectivity index (χ4n) is 3.96. The molecule has 2 amide bonds. The number of nitrogens with zero attached hydrogens (tertiary/aromatic N) is 1. The topological polar surface area (TPSA) is 49.4 Å². The number of amides is 2. The first kappa shape index (κ1) is 27.8. The highest BCUT2D eigenvalue weighted by molar-refractivity contribution is 7.99. The second kappa shape index (κ2) is 13.0. The van der Waals surface area contributed by atoms with Crippen molar-refractivity contribution in [1.82, 2.24) is 10.2 Å². The van der Waals surface area contributed by atoms with E-state index in [9.17, 15) is 9.59 Å². The third-order valence-electron chi connectivity index (χ3n) is 5.64. The van der Waals surface area contributed by atoms with Gasteiger partial charge < -0.3 is 10.2 Å². The Kier molecular flexibility index (Phi) is 10.0. The van der Waals surface area contributed by atoms with Crippen LogP contribution in [0.5, 0.6) is 0 Å². The molecule has 0 radical (unpaired) electrons. The van der Waals surface area contributed by atoms with Crippen molar-refractivity contribution in [3.05, 3.63) is 106 Å². The van der Waals surface area contributed by atoms with Gasteiger partial charge in [0.2, 0.25) is 11.8 Å². The zero-order valence-corrected chi connectivity index (χ0v) is 23.0. The second-order valence-corrected chi connectivity index (χ2v) is 11.4. The Morgan fingerprint density at radius 3 is 2.28 bits per heavy atom. The van der Waals surface area contributed by atoms with Gasteiger partial charge in [-0.3, -0.25) is 9.59 Å². The van der Waals surface area contributed by atoms with Crippen molar-refractivity contribution < 1.29 is 9.59 Å². The molecular weight excluding hydrogens is 488 g/mol. The molecule has 1 atom stereocenters. The lowest BCUT2D eigenvalue weighted by atomic mass is 10.0. The quantitative estimate of drug-likeness (QED) is 0.333. The molecule has 0 bridgehead atoms. The molecule has 0 saturated heterocycles. The van der Waals surface area contributed by atoms with Gasteiger partial charge in [0.15, 0.2) is 0 Å². The smallest absolute Gasteiger partial charge is 0.243 e. The average molecular weight is 523 g/mol. The SMILES string of the molecule is Cc1cccc(CSCC(=O)N(Cc2ccccc2Cl)[C@@H](Cc2ccccc2)C(=O)NC(C)(C)C)c1. The summed E-state index contributed by atoms with van der Waals surface area (Å²) in [6.07, 6.45) is 0.418. The highest BCUT2D eigenvalue weighted by Crippen LogP contribution is 2.22. The van der Waals surface area contributed by atoms with E-state index in [1.807, 2.05) is 81.4 Å². The summed E-state index contributed by atoms with van der Waals surface area (Å²) < 4.78 is 0. The van der Waals surface area contributed by atoms with E-state index < -0.39 is 11.6 Å². The Hall–Kier alpha value is -2.76. The van der Waals surface area contributed by atoms with Crippen molar-refractivity contribution in [1.29, 1.82) is 0 Å². The van der Waals surface area contributed by atoms with Crippen LogP contribution in [0.1, 0.15) is 43.0 Å². The van der Waals surface area contributed by atoms with E-state index in [-0.39, 0.29) is 24.1 Å². The Bertz CT molecular complexity index is 1160. The lowest BCUT2D eigenvalue weighted by molar-refractivity contribution is -0.140. The molecule has 0 saturated carbocycles. The minimum Gasteiger partial charge on any atom is -0.350 e. The van der Waals surface area contributed by atoms with Crippen LogP contribution >= 0.6 is 23.4 Å². The summed E-state index contributed by atoms with van der Waals surface area (Å²) in [4.78, 5) is 29.0. The van der Waals surface area contributed by atoms with Crippen LogP contribution in [-0.4, -0.2) is 34.0 Å². The Balaban J connectivity index is 1.88. The summed E-state index contributed by atoms with van der Waals surface area (Å²) in [5.74, 6) is 0.741. The van der Waals surface area contributed by atoms with Crippen LogP contribution in [0.3, 0.4) is 0 Å². The fourth-order valence-corrected chi connectivity index (χ4v) is 5.01. The maximum atomic E-state index is 13.7. The molecule has 3 aromatic carbocycles. The van der Waals surface area contributed by atoms with E-state index in [1.165, 1.54) is 11.1 Å². The summed E-state index contributed by atoms with van der Waals surface area (Å²) in [6, 6.07) is 24.9. The Morgan fingerprint density at radius 2 is 1.61 bits per heavy atom. The molecule has 0 aliphatic rings. The first-order chi connectivity index (χ1) is 17.1. The molecule has 36 heavy (non-hydrogen) atoms. The molecule has 0 fully saturated rings. The third-order valence-corrected chi connectivity index (χ3v) is 7.00. The fraction of sp³-hybridized carbons (Fsp3) is 0.333. The van der Waals surface area contributed by atoms with Crippen LogP contribution in [-0.2, 0) is 28.3 Å². The highest BCUT2D eigenvalue weighted by atomic mass is 35.5. The van der Waals surface area contributed by atoms with Gasteiger partial charge in [-0.2, -0.15) is 0 Å². The monoisotopic (exact) mass is 522 g/mol. The number of thioether (sulfide) groups is 1. The van der Waals surface area contributed by atoms with Crippen LogP contribution in [0.25, 0.3) is 0 Å². The molecule has 3 aromatic rings. The van der Waals surface area contributed by atoms with Crippen LogP contribution in [0.2, 0.25) is 5.02 Å². The standard InChI is InChI=1S/C30H35ClN2O2S/c1-22-11-10-14-24(17-22)20-36-21-28(34)33(19-25-15-8-9-16-26(25)31)27(29(35)32-30(2,3)4)18-23-12-6-5-7-13-23/h5-17,27H,18-21H2,1-4H3,(H,32,35)/t27-/m0/s1. The highest BCUT2D eigenvalue weighted by Gasteiger charge is 2.32. The number of carbonyl (C=O) groups excluding carboxylic acids is 2. The normalized spacial score (nSPS) is 12.1. The van der Waals surface area contributed by atoms with Crippen molar-refractivity contribution in [3.63, 3.8) is 0 Å². The van der Waals surface area contributed by atoms with E-state index in [2.05, 4.69) is 30.4 Å². The summed E-state index contributed by atoms with van der Waals surface area (Å²) in [5.41, 5.74) is 3.76. The van der Waals surface area contributed by atoms with Crippen molar-refractivity contribution >= 4 is 35.2 Å². The molecule has 0 aliphatic heterocycles. The van der Waals surface area contributed by atoms with Crippen molar-refractivity contribution in [2.24, 2.45) is 0 Å². The van der Waals surface area contributed by atoms with Gasteiger partial charge in [-0.05, 0) is 50.5 Å². The number of benzene rings is 3. The molecule has 4 nitrogen and oxygen atoms in total. The predicted octanol–water partition coefficient (Wildman–Crippen LogP) is 6.44. The molecular formula is C30H35ClN2O2S. The minimum atomic E-state index is -0.671. The van der Waals surface area contributed by atoms with Gasteiger partial charge in [0.25, 0.3) is 0 Å². The lowest BCUT2D eigenvalue weighted by Gasteiger charge is -2.34. The maximum Gasteiger partial charge on any atom is 0.243 e. The van der Waals surface area contributed by atoms with E-state index in [0.29, 0.717) is 11.4 Å². The van der Waals surface area contributed by atoms with Gasteiger partial charge >= 0.3 is 0 Å². The van der Waals surface area contributed by atoms with Gasteiger partial charge in [0.1, 0.15) is 6.04 Å². The summed E-state index contributed by atoms with van der Waals surface area (Å²) in [5, 5.41) is 3.67. The zero-order chi connectivity index (χ0) is 26.1. The van der Waals surface area contributed by atoms with E-state index in [0.717, 1.165) is 16.9 Å². The van der Waals surface area contributed by atoms with Gasteiger partial charge in [0, 0.05) is 29.3 Å². The van der Waals surface area contributed by atoms with Gasteiger partial charge in [-0.15, -0.1) is 11.8 Å². The summed E-state index contributed by atoms with van der Waals surface area (Å²) in [6.45, 7) is 8.17. The van der Waals surface area contributed by atoms with Crippen LogP contribution in [0.15, 0.2) is 78.9 Å². The lowest BCUT2D eigenvalue weighted by Crippen LogP contribution is -2.54. The number of hydrogen-bond acceptors (Lipinski definition) is 3. The largest absolute Gasteiger partial charge is 0.350 e. The minimum absolute atomic E-state index is 0.0856. The third kappa shape index (κ3) is 8.72. The van der Waals surface area contributed by atoms with E-state index in [1.54, 1.807) is 16.7 Å². The molecule has 190 valence electrons. The number of hydrogen-bond donors (Lipinski definition) is 1. The van der Waals surface area contributed by atoms with Gasteiger partial charge in [0.05, 0.1) is 5.75 Å². The Morgan fingerprint density at radius 1 is 0.944 bits per heavy atom. The summed E-state index contributed by atoms with van der Waals surface area (Å²) >= 11 is 8.04. The molecule has 0 aromatic heterocycles. The molecule has 1 N–H and O–H groups in total. The second-order valence-electron chi connectivity index (χ2n) is 10.0. The van der Waals surface area contributed by atoms with Crippen molar-refractivity contribution in [2.75, 3.05) is 5.75 Å². The van der Waals surface area contributed by atoms with Gasteiger partial charge in [-0.1, -0.05) is 90.0 Å². The van der Waals surface area contributed by atoms with Crippen LogP contribution in [0.4, 0.5) is 0 Å². The maximum absolute atomic E-state index is 13.7. The number of rotatable bonds is 10. The van der Waals surface area contributed by atoms with E-state index >= 15 is 0 Å². The molecule has 0 heterocycles. The summed E-state index contributed by atoms with van der Waals surface area (Å²) in [7, 11) is 0. The first-order valence-electron chi connectivity index (χ1n) is 12.1. The predicted molar refractivity (Wildman–Crippen MR) is 151 cm³/mol. The van der Waals surface area contributed by atoms with Crippen LogP contribution in [0, 0.1) is 6.92 Å². The van der Waals surface area contributed by atoms with Crippen molar-refractivity contribution in [2.45, 2.75) is 58.0 Å². The molecule has 0 aliphatic carbocycles. The Labute approximate surface area is 224 Å². The molecule has 0 unspecified atom stereocenters. The number of aryl methyl sites for hydroxylation is 1. The zero-order valence-electron chi connectivity index (χ0n) is 21.5. The average Bonchev–Trinajstić information content (AvgIpc) is 2.82. The first-order valence-corrected chi connectivity index (χ1v) is 13.7. The number of halogens is 1.